The molecule has 0 saturated carbocycles. The van der Waals surface area contributed by atoms with E-state index >= 15 is 0 Å². The van der Waals surface area contributed by atoms with E-state index in [1.807, 2.05) is 13.8 Å². The van der Waals surface area contributed by atoms with E-state index in [4.69, 9.17) is 0 Å². The van der Waals surface area contributed by atoms with Gasteiger partial charge in [-0.2, -0.15) is 0 Å². The Morgan fingerprint density at radius 1 is 1.28 bits per heavy atom. The van der Waals surface area contributed by atoms with Crippen molar-refractivity contribution in [3.05, 3.63) is 29.8 Å². The van der Waals surface area contributed by atoms with Crippen LogP contribution in [0.2, 0.25) is 0 Å². The van der Waals surface area contributed by atoms with Crippen LogP contribution < -0.4 is 10.0 Å². The topological polar surface area (TPSA) is 75.3 Å². The van der Waals surface area contributed by atoms with E-state index in [9.17, 15) is 13.2 Å². The number of para-hydroxylation sites is 1. The second-order valence-electron chi connectivity index (χ2n) is 4.52. The number of anilines is 1. The van der Waals surface area contributed by atoms with Crippen LogP contribution in [0.25, 0.3) is 0 Å². The second-order valence-corrected chi connectivity index (χ2v) is 6.27. The summed E-state index contributed by atoms with van der Waals surface area (Å²) in [7, 11) is -3.39. The van der Waals surface area contributed by atoms with Crippen LogP contribution in [0.5, 0.6) is 0 Å². The highest BCUT2D eigenvalue weighted by atomic mass is 32.2. The Bertz CT molecular complexity index is 524. The van der Waals surface area contributed by atoms with Crippen molar-refractivity contribution in [2.75, 3.05) is 17.5 Å². The third-order valence-corrected chi connectivity index (χ3v) is 2.73. The molecule has 6 heteroatoms. The maximum Gasteiger partial charge on any atom is 0.253 e. The first-order valence-corrected chi connectivity index (χ1v) is 7.54. The number of rotatable bonds is 5. The van der Waals surface area contributed by atoms with Gasteiger partial charge in [0.2, 0.25) is 10.0 Å². The lowest BCUT2D eigenvalue weighted by molar-refractivity contribution is 0.0950. The smallest absolute Gasteiger partial charge is 0.253 e. The standard InChI is InChI=1S/C12H18N2O3S/c1-9(2)8-13-12(15)10-6-4-5-7-11(10)14-18(3,16)17/h4-7,9,14H,8H2,1-3H3,(H,13,15). The molecule has 0 spiro atoms. The molecule has 0 saturated heterocycles. The van der Waals surface area contributed by atoms with Crippen molar-refractivity contribution < 1.29 is 13.2 Å². The van der Waals surface area contributed by atoms with E-state index in [-0.39, 0.29) is 5.91 Å². The first-order chi connectivity index (χ1) is 8.29. The van der Waals surface area contributed by atoms with Crippen LogP contribution >= 0.6 is 0 Å². The summed E-state index contributed by atoms with van der Waals surface area (Å²) < 4.78 is 24.7. The quantitative estimate of drug-likeness (QED) is 0.850. The van der Waals surface area contributed by atoms with E-state index in [1.165, 1.54) is 0 Å². The number of sulfonamides is 1. The highest BCUT2D eigenvalue weighted by molar-refractivity contribution is 7.92. The molecule has 0 aromatic heterocycles. The molecule has 100 valence electrons. The maximum absolute atomic E-state index is 11.9. The average Bonchev–Trinajstić information content (AvgIpc) is 2.24. The van der Waals surface area contributed by atoms with Crippen molar-refractivity contribution in [1.29, 1.82) is 0 Å². The zero-order valence-corrected chi connectivity index (χ0v) is 11.5. The summed E-state index contributed by atoms with van der Waals surface area (Å²) in [6, 6.07) is 6.51. The Labute approximate surface area is 108 Å². The molecule has 18 heavy (non-hydrogen) atoms. The number of carbonyl (C=O) groups excluding carboxylic acids is 1. The molecule has 0 atom stereocenters. The summed E-state index contributed by atoms with van der Waals surface area (Å²) in [6.07, 6.45) is 1.05. The van der Waals surface area contributed by atoms with E-state index in [1.54, 1.807) is 24.3 Å². The predicted octanol–water partition coefficient (Wildman–Crippen LogP) is 1.44. The van der Waals surface area contributed by atoms with Gasteiger partial charge >= 0.3 is 0 Å². The fourth-order valence-electron chi connectivity index (χ4n) is 1.36. The van der Waals surface area contributed by atoms with Gasteiger partial charge in [-0.25, -0.2) is 8.42 Å². The molecule has 0 aliphatic heterocycles. The molecule has 0 fully saturated rings. The molecule has 1 aromatic rings. The van der Waals surface area contributed by atoms with Gasteiger partial charge in [-0.3, -0.25) is 9.52 Å². The predicted molar refractivity (Wildman–Crippen MR) is 72.1 cm³/mol. The van der Waals surface area contributed by atoms with Gasteiger partial charge in [0.1, 0.15) is 0 Å². The Kier molecular flexibility index (Phi) is 4.72. The SMILES string of the molecule is CC(C)CNC(=O)c1ccccc1NS(C)(=O)=O. The fourth-order valence-corrected chi connectivity index (χ4v) is 1.94. The van der Waals surface area contributed by atoms with Crippen molar-refractivity contribution in [3.63, 3.8) is 0 Å². The molecule has 0 heterocycles. The summed E-state index contributed by atoms with van der Waals surface area (Å²) in [6.45, 7) is 4.52. The van der Waals surface area contributed by atoms with E-state index in [2.05, 4.69) is 10.0 Å². The lowest BCUT2D eigenvalue weighted by Gasteiger charge is -2.12. The average molecular weight is 270 g/mol. The van der Waals surface area contributed by atoms with Crippen molar-refractivity contribution in [3.8, 4) is 0 Å². The molecule has 1 aromatic carbocycles. The van der Waals surface area contributed by atoms with Gasteiger partial charge in [-0.05, 0) is 18.1 Å². The minimum absolute atomic E-state index is 0.282. The van der Waals surface area contributed by atoms with Crippen LogP contribution in [0.4, 0.5) is 5.69 Å². The van der Waals surface area contributed by atoms with Crippen LogP contribution in [-0.2, 0) is 10.0 Å². The van der Waals surface area contributed by atoms with Gasteiger partial charge in [0.05, 0.1) is 17.5 Å². The first-order valence-electron chi connectivity index (χ1n) is 5.64. The van der Waals surface area contributed by atoms with Gasteiger partial charge in [0.25, 0.3) is 5.91 Å². The van der Waals surface area contributed by atoms with E-state index < -0.39 is 10.0 Å². The van der Waals surface area contributed by atoms with Crippen LogP contribution in [0.3, 0.4) is 0 Å². The van der Waals surface area contributed by atoms with Crippen LogP contribution in [0.15, 0.2) is 24.3 Å². The maximum atomic E-state index is 11.9. The minimum atomic E-state index is -3.39. The number of nitrogens with one attached hydrogen (secondary N) is 2. The van der Waals surface area contributed by atoms with E-state index in [0.29, 0.717) is 23.7 Å². The third kappa shape index (κ3) is 4.75. The number of hydrogen-bond donors (Lipinski definition) is 2. The highest BCUT2D eigenvalue weighted by Gasteiger charge is 2.13. The summed E-state index contributed by atoms with van der Waals surface area (Å²) in [5.74, 6) is 0.0550. The van der Waals surface area contributed by atoms with Gasteiger partial charge in [-0.1, -0.05) is 26.0 Å². The molecule has 5 nitrogen and oxygen atoms in total. The molecule has 1 amide bonds. The largest absolute Gasteiger partial charge is 0.352 e. The van der Waals surface area contributed by atoms with Crippen molar-refractivity contribution in [2.45, 2.75) is 13.8 Å². The number of benzene rings is 1. The lowest BCUT2D eigenvalue weighted by Crippen LogP contribution is -2.28. The number of carbonyl (C=O) groups is 1. The van der Waals surface area contributed by atoms with Crippen LogP contribution in [0.1, 0.15) is 24.2 Å². The second kappa shape index (κ2) is 5.86. The van der Waals surface area contributed by atoms with Gasteiger partial charge in [-0.15, -0.1) is 0 Å². The molecule has 2 N–H and O–H groups in total. The molecule has 0 bridgehead atoms. The van der Waals surface area contributed by atoms with Gasteiger partial charge < -0.3 is 5.32 Å². The number of hydrogen-bond acceptors (Lipinski definition) is 3. The molecule has 0 unspecified atom stereocenters. The first kappa shape index (κ1) is 14.5. The molecule has 1 rings (SSSR count). The van der Waals surface area contributed by atoms with Crippen molar-refractivity contribution >= 4 is 21.6 Å². The van der Waals surface area contributed by atoms with Crippen molar-refractivity contribution in [1.82, 2.24) is 5.32 Å². The summed E-state index contributed by atoms with van der Waals surface area (Å²) >= 11 is 0. The van der Waals surface area contributed by atoms with E-state index in [0.717, 1.165) is 6.26 Å². The number of amides is 1. The third-order valence-electron chi connectivity index (χ3n) is 2.14. The van der Waals surface area contributed by atoms with Gasteiger partial charge in [0.15, 0.2) is 0 Å². The van der Waals surface area contributed by atoms with Gasteiger partial charge in [0, 0.05) is 6.54 Å². The van der Waals surface area contributed by atoms with Crippen LogP contribution in [0, 0.1) is 5.92 Å². The lowest BCUT2D eigenvalue weighted by atomic mass is 10.1. The summed E-state index contributed by atoms with van der Waals surface area (Å²) in [4.78, 5) is 11.9. The molecular weight excluding hydrogens is 252 g/mol. The van der Waals surface area contributed by atoms with Crippen molar-refractivity contribution in [2.24, 2.45) is 5.92 Å². The zero-order chi connectivity index (χ0) is 13.8. The highest BCUT2D eigenvalue weighted by Crippen LogP contribution is 2.16. The Hall–Kier alpha value is -1.56. The normalized spacial score (nSPS) is 11.3. The Morgan fingerprint density at radius 3 is 2.44 bits per heavy atom. The Morgan fingerprint density at radius 2 is 1.89 bits per heavy atom. The minimum Gasteiger partial charge on any atom is -0.352 e. The molecule has 0 radical (unpaired) electrons. The molecular formula is C12H18N2O3S. The monoisotopic (exact) mass is 270 g/mol. The fraction of sp³-hybridized carbons (Fsp3) is 0.417. The zero-order valence-electron chi connectivity index (χ0n) is 10.7. The molecule has 0 aliphatic carbocycles. The Balaban J connectivity index is 2.91. The van der Waals surface area contributed by atoms with Crippen LogP contribution in [-0.4, -0.2) is 27.1 Å². The summed E-state index contributed by atoms with van der Waals surface area (Å²) in [5.41, 5.74) is 0.616. The summed E-state index contributed by atoms with van der Waals surface area (Å²) in [5, 5.41) is 2.75. The molecule has 0 aliphatic rings.